The van der Waals surface area contributed by atoms with Crippen molar-refractivity contribution in [3.05, 3.63) is 73.1 Å². The summed E-state index contributed by atoms with van der Waals surface area (Å²) in [4.78, 5) is 16.0. The first kappa shape index (κ1) is 21.2. The van der Waals surface area contributed by atoms with Crippen molar-refractivity contribution < 1.29 is 17.6 Å². The molecule has 0 saturated carbocycles. The molecule has 1 amide bonds. The van der Waals surface area contributed by atoms with Crippen LogP contribution < -0.4 is 4.90 Å². The van der Waals surface area contributed by atoms with E-state index in [-0.39, 0.29) is 30.4 Å². The van der Waals surface area contributed by atoms with Crippen LogP contribution in [0.1, 0.15) is 0 Å². The Kier molecular flexibility index (Phi) is 6.79. The highest BCUT2D eigenvalue weighted by Crippen LogP contribution is 2.21. The molecule has 2 aromatic rings. The first-order chi connectivity index (χ1) is 13.9. The highest BCUT2D eigenvalue weighted by molar-refractivity contribution is 7.89. The van der Waals surface area contributed by atoms with Gasteiger partial charge in [-0.2, -0.15) is 4.31 Å². The van der Waals surface area contributed by atoms with E-state index in [0.717, 1.165) is 11.8 Å². The van der Waals surface area contributed by atoms with Gasteiger partial charge in [-0.3, -0.25) is 9.69 Å². The van der Waals surface area contributed by atoms with Crippen molar-refractivity contribution in [1.82, 2.24) is 9.21 Å². The summed E-state index contributed by atoms with van der Waals surface area (Å²) in [6, 6.07) is 14.7. The Bertz CT molecular complexity index is 958. The lowest BCUT2D eigenvalue weighted by Gasteiger charge is -2.34. The van der Waals surface area contributed by atoms with E-state index in [0.29, 0.717) is 19.6 Å². The fourth-order valence-corrected chi connectivity index (χ4v) is 4.77. The van der Waals surface area contributed by atoms with Gasteiger partial charge >= 0.3 is 0 Å². The smallest absolute Gasteiger partial charge is 0.246 e. The van der Waals surface area contributed by atoms with E-state index >= 15 is 0 Å². The Hall–Kier alpha value is -2.55. The van der Waals surface area contributed by atoms with Crippen molar-refractivity contribution in [2.45, 2.75) is 4.90 Å². The predicted octanol–water partition coefficient (Wildman–Crippen LogP) is 2.35. The summed E-state index contributed by atoms with van der Waals surface area (Å²) in [5.41, 5.74) is 0.790. The molecule has 0 aliphatic carbocycles. The fourth-order valence-electron chi connectivity index (χ4n) is 3.29. The molecule has 0 atom stereocenters. The van der Waals surface area contributed by atoms with Gasteiger partial charge in [0.1, 0.15) is 10.7 Å². The summed E-state index contributed by atoms with van der Waals surface area (Å²) in [5.74, 6) is -0.838. The van der Waals surface area contributed by atoms with Crippen LogP contribution in [0.15, 0.2) is 72.1 Å². The van der Waals surface area contributed by atoms with Crippen LogP contribution in [-0.2, 0) is 14.8 Å². The normalized spacial score (nSPS) is 15.8. The van der Waals surface area contributed by atoms with Gasteiger partial charge in [0, 0.05) is 38.4 Å². The number of sulfonamides is 1. The van der Waals surface area contributed by atoms with Crippen LogP contribution in [0.4, 0.5) is 10.1 Å². The average Bonchev–Trinajstić information content (AvgIpc) is 2.73. The number of anilines is 1. The quantitative estimate of drug-likeness (QED) is 0.649. The number of hydrogen-bond acceptors (Lipinski definition) is 4. The van der Waals surface area contributed by atoms with Gasteiger partial charge in [0.05, 0.1) is 6.54 Å². The number of benzene rings is 2. The average molecular weight is 418 g/mol. The largest absolute Gasteiger partial charge is 0.308 e. The number of rotatable bonds is 7. The zero-order valence-electron chi connectivity index (χ0n) is 16.1. The van der Waals surface area contributed by atoms with Crippen molar-refractivity contribution in [1.29, 1.82) is 0 Å². The van der Waals surface area contributed by atoms with E-state index in [9.17, 15) is 17.6 Å². The van der Waals surface area contributed by atoms with Gasteiger partial charge in [0.2, 0.25) is 15.9 Å². The van der Waals surface area contributed by atoms with Gasteiger partial charge < -0.3 is 4.90 Å². The van der Waals surface area contributed by atoms with E-state index in [1.54, 1.807) is 11.0 Å². The Morgan fingerprint density at radius 2 is 1.66 bits per heavy atom. The molecular weight excluding hydrogens is 393 g/mol. The molecule has 1 heterocycles. The van der Waals surface area contributed by atoms with Crippen LogP contribution >= 0.6 is 0 Å². The third-order valence-electron chi connectivity index (χ3n) is 4.83. The molecule has 29 heavy (non-hydrogen) atoms. The predicted molar refractivity (Wildman–Crippen MR) is 111 cm³/mol. The minimum absolute atomic E-state index is 0.0819. The monoisotopic (exact) mass is 417 g/mol. The standard InChI is InChI=1S/C21H24FN3O3S/c1-2-12-25(18-8-4-3-5-9-18)21(26)17-23-13-15-24(16-14-23)29(27,28)20-11-7-6-10-19(20)22/h2-11H,1,12-17H2. The molecule has 6 nitrogen and oxygen atoms in total. The number of halogens is 1. The molecule has 0 spiro atoms. The molecule has 1 saturated heterocycles. The second-order valence-corrected chi connectivity index (χ2v) is 8.65. The molecule has 154 valence electrons. The Labute approximate surface area is 170 Å². The summed E-state index contributed by atoms with van der Waals surface area (Å²) in [6.07, 6.45) is 1.67. The first-order valence-corrected chi connectivity index (χ1v) is 10.8. The minimum atomic E-state index is -3.89. The van der Waals surface area contributed by atoms with Crippen LogP contribution in [0.5, 0.6) is 0 Å². The molecule has 8 heteroatoms. The van der Waals surface area contributed by atoms with Gasteiger partial charge in [-0.1, -0.05) is 36.4 Å². The second kappa shape index (κ2) is 9.30. The molecule has 1 aliphatic rings. The number of piperazine rings is 1. The molecule has 0 N–H and O–H groups in total. The SMILES string of the molecule is C=CCN(C(=O)CN1CCN(S(=O)(=O)c2ccccc2F)CC1)c1ccccc1. The minimum Gasteiger partial charge on any atom is -0.308 e. The Morgan fingerprint density at radius 3 is 2.28 bits per heavy atom. The maximum Gasteiger partial charge on any atom is 0.246 e. The van der Waals surface area contributed by atoms with E-state index in [1.807, 2.05) is 35.2 Å². The molecule has 0 aromatic heterocycles. The van der Waals surface area contributed by atoms with E-state index in [2.05, 4.69) is 6.58 Å². The molecule has 0 radical (unpaired) electrons. The lowest BCUT2D eigenvalue weighted by Crippen LogP contribution is -2.51. The molecular formula is C21H24FN3O3S. The lowest BCUT2D eigenvalue weighted by molar-refractivity contribution is -0.119. The second-order valence-electron chi connectivity index (χ2n) is 6.74. The Balaban J connectivity index is 1.63. The third-order valence-corrected chi connectivity index (χ3v) is 6.76. The van der Waals surface area contributed by atoms with Gasteiger partial charge in [-0.15, -0.1) is 6.58 Å². The van der Waals surface area contributed by atoms with Crippen molar-refractivity contribution in [2.24, 2.45) is 0 Å². The maximum atomic E-state index is 13.9. The summed E-state index contributed by atoms with van der Waals surface area (Å²) < 4.78 is 40.6. The number of hydrogen-bond donors (Lipinski definition) is 0. The van der Waals surface area contributed by atoms with Crippen LogP contribution in [0.25, 0.3) is 0 Å². The zero-order chi connectivity index (χ0) is 20.9. The van der Waals surface area contributed by atoms with E-state index in [4.69, 9.17) is 0 Å². The molecule has 1 fully saturated rings. The van der Waals surface area contributed by atoms with Gasteiger partial charge in [0.25, 0.3) is 0 Å². The molecule has 0 unspecified atom stereocenters. The maximum absolute atomic E-state index is 13.9. The number of nitrogens with zero attached hydrogens (tertiary/aromatic N) is 3. The van der Waals surface area contributed by atoms with Crippen molar-refractivity contribution >= 4 is 21.6 Å². The third kappa shape index (κ3) is 4.90. The van der Waals surface area contributed by atoms with Crippen LogP contribution in [0.2, 0.25) is 0 Å². The van der Waals surface area contributed by atoms with Crippen LogP contribution in [-0.4, -0.2) is 62.8 Å². The van der Waals surface area contributed by atoms with Crippen molar-refractivity contribution in [3.63, 3.8) is 0 Å². The van der Waals surface area contributed by atoms with E-state index < -0.39 is 15.8 Å². The zero-order valence-corrected chi connectivity index (χ0v) is 16.9. The fraction of sp³-hybridized carbons (Fsp3) is 0.286. The highest BCUT2D eigenvalue weighted by Gasteiger charge is 2.31. The molecule has 2 aromatic carbocycles. The Morgan fingerprint density at radius 1 is 1.03 bits per heavy atom. The first-order valence-electron chi connectivity index (χ1n) is 9.37. The highest BCUT2D eigenvalue weighted by atomic mass is 32.2. The van der Waals surface area contributed by atoms with Crippen LogP contribution in [0, 0.1) is 5.82 Å². The topological polar surface area (TPSA) is 60.9 Å². The number of amides is 1. The van der Waals surface area contributed by atoms with Crippen molar-refractivity contribution in [3.8, 4) is 0 Å². The summed E-state index contributed by atoms with van der Waals surface area (Å²) in [7, 11) is -3.89. The van der Waals surface area contributed by atoms with Gasteiger partial charge in [-0.25, -0.2) is 12.8 Å². The summed E-state index contributed by atoms with van der Waals surface area (Å²) in [6.45, 7) is 5.49. The number of carbonyl (C=O) groups excluding carboxylic acids is 1. The summed E-state index contributed by atoms with van der Waals surface area (Å²) >= 11 is 0. The van der Waals surface area contributed by atoms with E-state index in [1.165, 1.54) is 22.5 Å². The molecule has 1 aliphatic heterocycles. The molecule has 3 rings (SSSR count). The lowest BCUT2D eigenvalue weighted by atomic mass is 10.2. The molecule has 0 bridgehead atoms. The van der Waals surface area contributed by atoms with Crippen molar-refractivity contribution in [2.75, 3.05) is 44.2 Å². The van der Waals surface area contributed by atoms with Crippen LogP contribution in [0.3, 0.4) is 0 Å². The van der Waals surface area contributed by atoms with Gasteiger partial charge in [-0.05, 0) is 24.3 Å². The number of para-hydroxylation sites is 1. The number of carbonyl (C=O) groups is 1. The van der Waals surface area contributed by atoms with Gasteiger partial charge in [0.15, 0.2) is 0 Å². The summed E-state index contributed by atoms with van der Waals surface area (Å²) in [5, 5.41) is 0.